The van der Waals surface area contributed by atoms with E-state index in [4.69, 9.17) is 11.6 Å². The smallest absolute Gasteiger partial charge is 0.191 e. The summed E-state index contributed by atoms with van der Waals surface area (Å²) >= 11 is 6.05. The maximum Gasteiger partial charge on any atom is 0.191 e. The first kappa shape index (κ1) is 17.3. The molecule has 1 heterocycles. The Balaban J connectivity index is 2.01. The Morgan fingerprint density at radius 3 is 2.70 bits per heavy atom. The summed E-state index contributed by atoms with van der Waals surface area (Å²) in [7, 11) is 3.73. The van der Waals surface area contributed by atoms with Crippen molar-refractivity contribution in [2.24, 2.45) is 12.0 Å². The molecule has 0 saturated carbocycles. The molecule has 5 nitrogen and oxygen atoms in total. The van der Waals surface area contributed by atoms with Gasteiger partial charge in [-0.25, -0.2) is 0 Å². The summed E-state index contributed by atoms with van der Waals surface area (Å²) in [6.45, 7) is 6.86. The van der Waals surface area contributed by atoms with E-state index < -0.39 is 0 Å². The summed E-state index contributed by atoms with van der Waals surface area (Å²) in [6, 6.07) is 7.94. The molecule has 23 heavy (non-hydrogen) atoms. The summed E-state index contributed by atoms with van der Waals surface area (Å²) < 4.78 is 1.90. The van der Waals surface area contributed by atoms with Crippen molar-refractivity contribution >= 4 is 17.6 Å². The second-order valence-electron chi connectivity index (χ2n) is 5.62. The van der Waals surface area contributed by atoms with Crippen LogP contribution < -0.4 is 10.6 Å². The molecule has 0 amide bonds. The highest BCUT2D eigenvalue weighted by molar-refractivity contribution is 6.30. The minimum atomic E-state index is 0.107. The van der Waals surface area contributed by atoms with E-state index in [1.807, 2.05) is 42.9 Å². The fraction of sp³-hybridized carbons (Fsp3) is 0.412. The molecule has 2 rings (SSSR count). The highest BCUT2D eigenvalue weighted by Gasteiger charge is 2.11. The lowest BCUT2D eigenvalue weighted by molar-refractivity contribution is 0.684. The zero-order chi connectivity index (χ0) is 17.0. The van der Waals surface area contributed by atoms with E-state index in [9.17, 15) is 0 Å². The highest BCUT2D eigenvalue weighted by Crippen LogP contribution is 2.17. The summed E-state index contributed by atoms with van der Waals surface area (Å²) in [6.07, 6.45) is 0. The number of halogens is 1. The molecule has 6 heteroatoms. The minimum absolute atomic E-state index is 0.107. The third kappa shape index (κ3) is 4.26. The second kappa shape index (κ2) is 7.51. The third-order valence-corrected chi connectivity index (χ3v) is 4.25. The van der Waals surface area contributed by atoms with Crippen molar-refractivity contribution in [1.29, 1.82) is 0 Å². The van der Waals surface area contributed by atoms with Crippen molar-refractivity contribution in [2.45, 2.75) is 33.4 Å². The van der Waals surface area contributed by atoms with Crippen molar-refractivity contribution < 1.29 is 0 Å². The number of aliphatic imine (C=N–C) groups is 1. The monoisotopic (exact) mass is 333 g/mol. The molecule has 124 valence electrons. The number of hydrogen-bond donors (Lipinski definition) is 2. The zero-order valence-corrected chi connectivity index (χ0v) is 15.1. The maximum atomic E-state index is 6.05. The number of aromatic nitrogens is 2. The summed E-state index contributed by atoms with van der Waals surface area (Å²) in [4.78, 5) is 4.29. The van der Waals surface area contributed by atoms with Crippen LogP contribution in [-0.4, -0.2) is 22.8 Å². The number of hydrogen-bond acceptors (Lipinski definition) is 2. The molecule has 1 unspecified atom stereocenters. The Labute approximate surface area is 142 Å². The zero-order valence-electron chi connectivity index (χ0n) is 14.3. The Morgan fingerprint density at radius 1 is 1.39 bits per heavy atom. The van der Waals surface area contributed by atoms with E-state index >= 15 is 0 Å². The van der Waals surface area contributed by atoms with Gasteiger partial charge in [0.05, 0.1) is 11.7 Å². The van der Waals surface area contributed by atoms with Gasteiger partial charge in [0.1, 0.15) is 0 Å². The topological polar surface area (TPSA) is 54.2 Å². The van der Waals surface area contributed by atoms with Crippen LogP contribution in [0.1, 0.15) is 35.5 Å². The van der Waals surface area contributed by atoms with Gasteiger partial charge in [-0.15, -0.1) is 0 Å². The minimum Gasteiger partial charge on any atom is -0.352 e. The average Bonchev–Trinajstić information content (AvgIpc) is 2.76. The number of benzene rings is 1. The molecule has 0 aliphatic heterocycles. The summed E-state index contributed by atoms with van der Waals surface area (Å²) in [5.41, 5.74) is 4.52. The SMILES string of the molecule is CN=C(NCc1c(C)nn(C)c1C)NC(C)c1cccc(Cl)c1. The van der Waals surface area contributed by atoms with E-state index in [0.29, 0.717) is 6.54 Å². The second-order valence-corrected chi connectivity index (χ2v) is 6.06. The molecule has 0 spiro atoms. The van der Waals surface area contributed by atoms with Crippen LogP contribution in [0.15, 0.2) is 29.3 Å². The third-order valence-electron chi connectivity index (χ3n) is 4.02. The van der Waals surface area contributed by atoms with Gasteiger partial charge in [0.15, 0.2) is 5.96 Å². The van der Waals surface area contributed by atoms with E-state index in [1.165, 1.54) is 5.56 Å². The van der Waals surface area contributed by atoms with Gasteiger partial charge in [0.2, 0.25) is 0 Å². The van der Waals surface area contributed by atoms with Gasteiger partial charge >= 0.3 is 0 Å². The maximum absolute atomic E-state index is 6.05. The van der Waals surface area contributed by atoms with Crippen LogP contribution in [0, 0.1) is 13.8 Å². The molecule has 1 atom stereocenters. The molecule has 0 fully saturated rings. The van der Waals surface area contributed by atoms with Crippen molar-refractivity contribution in [3.8, 4) is 0 Å². The van der Waals surface area contributed by atoms with Crippen LogP contribution >= 0.6 is 11.6 Å². The number of guanidine groups is 1. The molecule has 1 aromatic carbocycles. The van der Waals surface area contributed by atoms with Gasteiger partial charge in [-0.2, -0.15) is 5.10 Å². The van der Waals surface area contributed by atoms with Crippen LogP contribution in [0.4, 0.5) is 0 Å². The summed E-state index contributed by atoms with van der Waals surface area (Å²) in [5.74, 6) is 0.750. The predicted octanol–water partition coefficient (Wildman–Crippen LogP) is 3.12. The van der Waals surface area contributed by atoms with Gasteiger partial charge in [0.25, 0.3) is 0 Å². The standard InChI is InChI=1S/C17H24ClN5/c1-11(14-7-6-8-15(18)9-14)21-17(19-4)20-10-16-12(2)22-23(5)13(16)3/h6-9,11H,10H2,1-5H3,(H2,19,20,21). The highest BCUT2D eigenvalue weighted by atomic mass is 35.5. The first-order valence-electron chi connectivity index (χ1n) is 7.64. The average molecular weight is 334 g/mol. The molecule has 0 bridgehead atoms. The van der Waals surface area contributed by atoms with E-state index in [1.54, 1.807) is 7.05 Å². The molecule has 2 N–H and O–H groups in total. The van der Waals surface area contributed by atoms with Crippen LogP contribution in [-0.2, 0) is 13.6 Å². The predicted molar refractivity (Wildman–Crippen MR) is 95.9 cm³/mol. The van der Waals surface area contributed by atoms with Gasteiger partial charge in [-0.3, -0.25) is 9.67 Å². The largest absolute Gasteiger partial charge is 0.352 e. The lowest BCUT2D eigenvalue weighted by Crippen LogP contribution is -2.38. The van der Waals surface area contributed by atoms with E-state index in [-0.39, 0.29) is 6.04 Å². The number of nitrogens with zero attached hydrogens (tertiary/aromatic N) is 3. The first-order valence-corrected chi connectivity index (χ1v) is 8.02. The van der Waals surface area contributed by atoms with Crippen LogP contribution in [0.2, 0.25) is 5.02 Å². The van der Waals surface area contributed by atoms with Crippen LogP contribution in [0.5, 0.6) is 0 Å². The lowest BCUT2D eigenvalue weighted by atomic mass is 10.1. The van der Waals surface area contributed by atoms with Crippen molar-refractivity contribution in [1.82, 2.24) is 20.4 Å². The van der Waals surface area contributed by atoms with Crippen LogP contribution in [0.25, 0.3) is 0 Å². The van der Waals surface area contributed by atoms with Crippen molar-refractivity contribution in [3.05, 3.63) is 51.8 Å². The van der Waals surface area contributed by atoms with E-state index in [2.05, 4.69) is 34.6 Å². The molecule has 1 aromatic heterocycles. The molecule has 0 aliphatic carbocycles. The van der Waals surface area contributed by atoms with Crippen LogP contribution in [0.3, 0.4) is 0 Å². The Hall–Kier alpha value is -2.01. The summed E-state index contributed by atoms with van der Waals surface area (Å²) in [5, 5.41) is 11.9. The molecular weight excluding hydrogens is 310 g/mol. The fourth-order valence-electron chi connectivity index (χ4n) is 2.50. The Bertz CT molecular complexity index is 705. The van der Waals surface area contributed by atoms with Crippen molar-refractivity contribution in [3.63, 3.8) is 0 Å². The fourth-order valence-corrected chi connectivity index (χ4v) is 2.70. The molecular formula is C17H24ClN5. The quantitative estimate of drug-likeness (QED) is 0.667. The number of nitrogens with one attached hydrogen (secondary N) is 2. The number of rotatable bonds is 4. The molecule has 0 saturated heterocycles. The van der Waals surface area contributed by atoms with Crippen molar-refractivity contribution in [2.75, 3.05) is 7.05 Å². The lowest BCUT2D eigenvalue weighted by Gasteiger charge is -2.18. The Morgan fingerprint density at radius 2 is 2.13 bits per heavy atom. The Kier molecular flexibility index (Phi) is 5.66. The van der Waals surface area contributed by atoms with E-state index in [0.717, 1.165) is 27.9 Å². The van der Waals surface area contributed by atoms with Gasteiger partial charge in [-0.05, 0) is 38.5 Å². The van der Waals surface area contributed by atoms with Gasteiger partial charge in [-0.1, -0.05) is 23.7 Å². The first-order chi connectivity index (χ1) is 10.9. The van der Waals surface area contributed by atoms with Gasteiger partial charge < -0.3 is 10.6 Å². The van der Waals surface area contributed by atoms with Gasteiger partial charge in [0, 0.05) is 36.9 Å². The molecule has 0 radical (unpaired) electrons. The normalized spacial score (nSPS) is 13.0. The number of aryl methyl sites for hydroxylation is 2. The molecule has 2 aromatic rings. The molecule has 0 aliphatic rings.